The average Bonchev–Trinajstić information content (AvgIpc) is 2.98. The van der Waals surface area contributed by atoms with Crippen LogP contribution in [-0.4, -0.2) is 62.6 Å². The molecule has 0 unspecified atom stereocenters. The maximum absolute atomic E-state index is 14.9. The first-order valence-electron chi connectivity index (χ1n) is 13.6. The molecule has 0 aliphatic carbocycles. The summed E-state index contributed by atoms with van der Waals surface area (Å²) in [6, 6.07) is 7.59. The lowest BCUT2D eigenvalue weighted by atomic mass is 9.77. The Morgan fingerprint density at radius 2 is 1.74 bits per heavy atom. The van der Waals surface area contributed by atoms with Gasteiger partial charge in [-0.05, 0) is 54.7 Å². The van der Waals surface area contributed by atoms with Gasteiger partial charge in [0.1, 0.15) is 11.5 Å². The van der Waals surface area contributed by atoms with E-state index in [1.54, 1.807) is 0 Å². The molecule has 0 bridgehead atoms. The molecule has 1 saturated heterocycles. The number of nitrogens with one attached hydrogen (secondary N) is 2. The van der Waals surface area contributed by atoms with Crippen LogP contribution >= 0.6 is 0 Å². The number of hydrogen-bond acceptors (Lipinski definition) is 6. The van der Waals surface area contributed by atoms with Gasteiger partial charge in [-0.2, -0.15) is 26.3 Å². The summed E-state index contributed by atoms with van der Waals surface area (Å²) in [5, 5.41) is 4.83. The number of rotatable bonds is 10. The van der Waals surface area contributed by atoms with Crippen LogP contribution in [0.4, 0.5) is 26.3 Å². The van der Waals surface area contributed by atoms with E-state index >= 15 is 0 Å². The highest BCUT2D eigenvalue weighted by molar-refractivity contribution is 6.04. The highest BCUT2D eigenvalue weighted by Crippen LogP contribution is 2.48. The molecule has 2 aliphatic rings. The summed E-state index contributed by atoms with van der Waals surface area (Å²) in [6.45, 7) is 0.226. The van der Waals surface area contributed by atoms with Crippen LogP contribution in [0.1, 0.15) is 43.4 Å². The van der Waals surface area contributed by atoms with Crippen LogP contribution in [0, 0.1) is 5.92 Å². The van der Waals surface area contributed by atoms with Gasteiger partial charge in [0.25, 0.3) is 0 Å². The first-order valence-corrected chi connectivity index (χ1v) is 13.6. The molecule has 43 heavy (non-hydrogen) atoms. The predicted octanol–water partition coefficient (Wildman–Crippen LogP) is 5.09. The third-order valence-corrected chi connectivity index (χ3v) is 7.42. The summed E-state index contributed by atoms with van der Waals surface area (Å²) in [5.41, 5.74) is -3.16. The fraction of sp³-hybridized carbons (Fsp3) is 0.483. The van der Waals surface area contributed by atoms with Crippen molar-refractivity contribution in [2.45, 2.75) is 50.0 Å². The Morgan fingerprint density at radius 3 is 2.33 bits per heavy atom. The van der Waals surface area contributed by atoms with Gasteiger partial charge in [-0.1, -0.05) is 12.1 Å². The van der Waals surface area contributed by atoms with Crippen LogP contribution in [0.3, 0.4) is 0 Å². The number of alkyl halides is 6. The summed E-state index contributed by atoms with van der Waals surface area (Å²) < 4.78 is 97.5. The first-order chi connectivity index (χ1) is 20.3. The normalized spacial score (nSPS) is 20.0. The molecule has 1 aromatic carbocycles. The van der Waals surface area contributed by atoms with Crippen molar-refractivity contribution in [3.8, 4) is 11.5 Å². The summed E-state index contributed by atoms with van der Waals surface area (Å²) in [6.07, 6.45) is -9.14. The Labute approximate surface area is 243 Å². The topological polar surface area (TPSA) is 98.8 Å². The molecule has 2 aromatic rings. The van der Waals surface area contributed by atoms with Crippen molar-refractivity contribution in [1.29, 1.82) is 0 Å². The molecule has 2 amide bonds. The number of aromatic nitrogens is 1. The van der Waals surface area contributed by atoms with Crippen LogP contribution in [0.2, 0.25) is 0 Å². The van der Waals surface area contributed by atoms with Crippen molar-refractivity contribution >= 4 is 17.4 Å². The molecule has 2 aliphatic heterocycles. The maximum Gasteiger partial charge on any atom is 0.416 e. The van der Waals surface area contributed by atoms with Crippen LogP contribution in [-0.2, 0) is 19.9 Å². The summed E-state index contributed by atoms with van der Waals surface area (Å²) in [5.74, 6) is -1.27. The smallest absolute Gasteiger partial charge is 0.416 e. The van der Waals surface area contributed by atoms with Gasteiger partial charge < -0.3 is 24.8 Å². The second-order valence-corrected chi connectivity index (χ2v) is 10.3. The molecule has 0 radical (unpaired) electrons. The highest BCUT2D eigenvalue weighted by Gasteiger charge is 2.59. The molecule has 1 atom stereocenters. The van der Waals surface area contributed by atoms with Crippen LogP contribution in [0.15, 0.2) is 48.2 Å². The number of pyridine rings is 1. The third-order valence-electron chi connectivity index (χ3n) is 7.42. The van der Waals surface area contributed by atoms with Crippen molar-refractivity contribution in [3.63, 3.8) is 0 Å². The standard InChI is InChI=1S/C29H31F6N3O5/c1-41-21-7-8-24(36-16-21)22-15-27(29(33,34)35,19-3-5-20(6-4-19)43-12-2-11-28(30,31)32)38-26(40)23(22)17-37-25(39)18-9-13-42-14-10-18/h3-8,16,18H,2,9-15,17H2,1H3,(H,37,39)(H,38,40)/t27-/m0/s1. The number of methoxy groups -OCH3 is 1. The molecule has 234 valence electrons. The monoisotopic (exact) mass is 615 g/mol. The SMILES string of the molecule is COc1ccc(C2=C(CNC(=O)C3CCOCC3)C(=O)N[C@@](c3ccc(OCCCC(F)(F)F)cc3)(C(F)(F)F)C2)nc1. The second kappa shape index (κ2) is 13.2. The Kier molecular flexibility index (Phi) is 9.88. The van der Waals surface area contributed by atoms with E-state index in [1.807, 2.05) is 0 Å². The van der Waals surface area contributed by atoms with Gasteiger partial charge in [-0.3, -0.25) is 14.6 Å². The third kappa shape index (κ3) is 7.78. The zero-order chi connectivity index (χ0) is 31.3. The van der Waals surface area contributed by atoms with Gasteiger partial charge in [-0.25, -0.2) is 0 Å². The fourth-order valence-corrected chi connectivity index (χ4v) is 5.02. The fourth-order valence-electron chi connectivity index (χ4n) is 5.02. The molecule has 8 nitrogen and oxygen atoms in total. The average molecular weight is 616 g/mol. The minimum Gasteiger partial charge on any atom is -0.495 e. The lowest BCUT2D eigenvalue weighted by Gasteiger charge is -2.41. The minimum atomic E-state index is -4.98. The van der Waals surface area contributed by atoms with E-state index in [1.165, 1.54) is 37.6 Å². The number of hydrogen-bond donors (Lipinski definition) is 2. The Balaban J connectivity index is 1.64. The van der Waals surface area contributed by atoms with E-state index in [0.29, 0.717) is 31.8 Å². The van der Waals surface area contributed by atoms with Gasteiger partial charge in [0.05, 0.1) is 25.6 Å². The first kappa shape index (κ1) is 32.1. The van der Waals surface area contributed by atoms with Gasteiger partial charge in [0, 0.05) is 44.1 Å². The Bertz CT molecular complexity index is 1310. The van der Waals surface area contributed by atoms with Gasteiger partial charge >= 0.3 is 12.4 Å². The predicted molar refractivity (Wildman–Crippen MR) is 142 cm³/mol. The van der Waals surface area contributed by atoms with Crippen molar-refractivity contribution in [2.75, 3.05) is 33.5 Å². The van der Waals surface area contributed by atoms with Gasteiger partial charge in [0.15, 0.2) is 5.54 Å². The molecule has 14 heteroatoms. The summed E-state index contributed by atoms with van der Waals surface area (Å²) >= 11 is 0. The van der Waals surface area contributed by atoms with E-state index < -0.39 is 36.6 Å². The van der Waals surface area contributed by atoms with Crippen molar-refractivity contribution in [3.05, 3.63) is 59.4 Å². The molecular weight excluding hydrogens is 584 g/mol. The molecular formula is C29H31F6N3O5. The molecule has 2 N–H and O–H groups in total. The summed E-state index contributed by atoms with van der Waals surface area (Å²) in [4.78, 5) is 30.4. The molecule has 0 spiro atoms. The number of halogens is 6. The van der Waals surface area contributed by atoms with Gasteiger partial charge in [-0.15, -0.1) is 0 Å². The number of nitrogens with zero attached hydrogens (tertiary/aromatic N) is 1. The quantitative estimate of drug-likeness (QED) is 0.286. The zero-order valence-electron chi connectivity index (χ0n) is 23.2. The number of carbonyl (C=O) groups excluding carboxylic acids is 2. The number of carbonyl (C=O) groups is 2. The minimum absolute atomic E-state index is 0.0107. The highest BCUT2D eigenvalue weighted by atomic mass is 19.4. The van der Waals surface area contributed by atoms with E-state index in [2.05, 4.69) is 15.6 Å². The number of amides is 2. The number of benzene rings is 1. The van der Waals surface area contributed by atoms with Crippen LogP contribution < -0.4 is 20.1 Å². The summed E-state index contributed by atoms with van der Waals surface area (Å²) in [7, 11) is 1.40. The molecule has 3 heterocycles. The van der Waals surface area contributed by atoms with E-state index in [9.17, 15) is 35.9 Å². The van der Waals surface area contributed by atoms with Crippen LogP contribution in [0.5, 0.6) is 11.5 Å². The molecule has 1 aromatic heterocycles. The van der Waals surface area contributed by atoms with Crippen molar-refractivity contribution in [2.24, 2.45) is 5.92 Å². The molecule has 0 saturated carbocycles. The molecule has 4 rings (SSSR count). The molecule has 1 fully saturated rings. The van der Waals surface area contributed by atoms with E-state index in [4.69, 9.17) is 14.2 Å². The lowest BCUT2D eigenvalue weighted by Crippen LogP contribution is -2.59. The van der Waals surface area contributed by atoms with E-state index in [-0.39, 0.29) is 59.6 Å². The van der Waals surface area contributed by atoms with Crippen molar-refractivity contribution in [1.82, 2.24) is 15.6 Å². The lowest BCUT2D eigenvalue weighted by molar-refractivity contribution is -0.201. The van der Waals surface area contributed by atoms with Gasteiger partial charge in [0.2, 0.25) is 11.8 Å². The van der Waals surface area contributed by atoms with Crippen LogP contribution in [0.25, 0.3) is 5.57 Å². The largest absolute Gasteiger partial charge is 0.495 e. The Morgan fingerprint density at radius 1 is 1.07 bits per heavy atom. The zero-order valence-corrected chi connectivity index (χ0v) is 23.2. The second-order valence-electron chi connectivity index (χ2n) is 10.3. The number of ether oxygens (including phenoxy) is 3. The maximum atomic E-state index is 14.9. The van der Waals surface area contributed by atoms with Crippen molar-refractivity contribution < 1.29 is 50.1 Å². The Hall–Kier alpha value is -3.81. The van der Waals surface area contributed by atoms with E-state index in [0.717, 1.165) is 12.1 Å².